The van der Waals surface area contributed by atoms with E-state index in [1.54, 1.807) is 23.3 Å². The molecule has 0 unspecified atom stereocenters. The van der Waals surface area contributed by atoms with Crippen molar-refractivity contribution < 1.29 is 14.3 Å². The highest BCUT2D eigenvalue weighted by Gasteiger charge is 2.43. The molecule has 1 N–H and O–H groups in total. The first kappa shape index (κ1) is 16.6. The third kappa shape index (κ3) is 3.05. The van der Waals surface area contributed by atoms with Gasteiger partial charge in [-0.25, -0.2) is 4.79 Å². The highest BCUT2D eigenvalue weighted by molar-refractivity contribution is 7.10. The van der Waals surface area contributed by atoms with Crippen LogP contribution in [-0.4, -0.2) is 79.6 Å². The molecule has 0 aliphatic carbocycles. The number of thiophene rings is 1. The van der Waals surface area contributed by atoms with Crippen LogP contribution in [0.25, 0.3) is 0 Å². The fourth-order valence-electron chi connectivity index (χ4n) is 3.56. The van der Waals surface area contributed by atoms with Gasteiger partial charge in [0.25, 0.3) is 5.91 Å². The van der Waals surface area contributed by atoms with E-state index in [9.17, 15) is 9.59 Å². The molecule has 4 rings (SSSR count). The number of hydrogen-bond acceptors (Lipinski definition) is 5. The summed E-state index contributed by atoms with van der Waals surface area (Å²) in [5.74, 6) is 0.0357. The SMILES string of the molecule is CN1C(=O)N[C@@H](c2cccs2)C2=C1CN(CCN1CCOCC1)C2=O. The van der Waals surface area contributed by atoms with Gasteiger partial charge in [0.2, 0.25) is 0 Å². The molecule has 3 aliphatic heterocycles. The molecule has 25 heavy (non-hydrogen) atoms. The number of likely N-dealkylation sites (N-methyl/N-ethyl adjacent to an activating group) is 1. The number of carbonyl (C=O) groups excluding carboxylic acids is 2. The maximum Gasteiger partial charge on any atom is 0.322 e. The topological polar surface area (TPSA) is 65.1 Å². The largest absolute Gasteiger partial charge is 0.379 e. The van der Waals surface area contributed by atoms with Crippen molar-refractivity contribution in [2.24, 2.45) is 0 Å². The minimum absolute atomic E-state index is 0.0357. The molecule has 1 aromatic rings. The van der Waals surface area contributed by atoms with E-state index in [4.69, 9.17) is 4.74 Å². The van der Waals surface area contributed by atoms with Crippen LogP contribution in [0.2, 0.25) is 0 Å². The van der Waals surface area contributed by atoms with Crippen LogP contribution in [0.4, 0.5) is 4.79 Å². The van der Waals surface area contributed by atoms with E-state index in [1.165, 1.54) is 0 Å². The molecule has 1 atom stereocenters. The Balaban J connectivity index is 1.51. The number of hydrogen-bond donors (Lipinski definition) is 1. The average molecular weight is 362 g/mol. The van der Waals surface area contributed by atoms with E-state index in [-0.39, 0.29) is 18.0 Å². The highest BCUT2D eigenvalue weighted by Crippen LogP contribution is 2.37. The number of urea groups is 1. The van der Waals surface area contributed by atoms with Crippen LogP contribution < -0.4 is 5.32 Å². The number of carbonyl (C=O) groups is 2. The van der Waals surface area contributed by atoms with Crippen molar-refractivity contribution in [1.82, 2.24) is 20.0 Å². The summed E-state index contributed by atoms with van der Waals surface area (Å²) < 4.78 is 5.37. The van der Waals surface area contributed by atoms with Gasteiger partial charge in [0.15, 0.2) is 0 Å². The smallest absolute Gasteiger partial charge is 0.322 e. The molecule has 3 amide bonds. The van der Waals surface area contributed by atoms with Crippen molar-refractivity contribution in [3.63, 3.8) is 0 Å². The van der Waals surface area contributed by atoms with Gasteiger partial charge in [0, 0.05) is 38.1 Å². The van der Waals surface area contributed by atoms with E-state index in [0.717, 1.165) is 43.4 Å². The molecule has 1 aromatic heterocycles. The van der Waals surface area contributed by atoms with Gasteiger partial charge < -0.3 is 15.0 Å². The second kappa shape index (κ2) is 6.78. The number of nitrogens with one attached hydrogen (secondary N) is 1. The van der Waals surface area contributed by atoms with Gasteiger partial charge >= 0.3 is 6.03 Å². The summed E-state index contributed by atoms with van der Waals surface area (Å²) >= 11 is 1.56. The molecule has 1 fully saturated rings. The summed E-state index contributed by atoms with van der Waals surface area (Å²) in [6.45, 7) is 5.34. The Bertz CT molecular complexity index is 697. The molecule has 0 aromatic carbocycles. The number of nitrogens with zero attached hydrogens (tertiary/aromatic N) is 3. The molecule has 8 heteroatoms. The van der Waals surface area contributed by atoms with Gasteiger partial charge in [-0.05, 0) is 11.4 Å². The summed E-state index contributed by atoms with van der Waals surface area (Å²) in [5, 5.41) is 4.93. The molecule has 0 spiro atoms. The Morgan fingerprint density at radius 3 is 2.80 bits per heavy atom. The van der Waals surface area contributed by atoms with Crippen LogP contribution in [0.3, 0.4) is 0 Å². The van der Waals surface area contributed by atoms with Crippen molar-refractivity contribution >= 4 is 23.3 Å². The van der Waals surface area contributed by atoms with Gasteiger partial charge in [-0.15, -0.1) is 11.3 Å². The molecule has 4 heterocycles. The molecular formula is C17H22N4O3S. The van der Waals surface area contributed by atoms with Crippen LogP contribution in [0.1, 0.15) is 10.9 Å². The monoisotopic (exact) mass is 362 g/mol. The van der Waals surface area contributed by atoms with E-state index < -0.39 is 0 Å². The lowest BCUT2D eigenvalue weighted by Gasteiger charge is -2.30. The van der Waals surface area contributed by atoms with E-state index in [1.807, 2.05) is 22.4 Å². The standard InChI is InChI=1S/C17H22N4O3S/c1-19-12-11-21(5-4-20-6-8-24-9-7-20)16(22)14(12)15(18-17(19)23)13-3-2-10-25-13/h2-3,10,15H,4-9,11H2,1H3,(H,18,23)/t15-/m0/s1. The lowest BCUT2D eigenvalue weighted by atomic mass is 10.0. The van der Waals surface area contributed by atoms with Crippen molar-refractivity contribution in [2.45, 2.75) is 6.04 Å². The van der Waals surface area contributed by atoms with Crippen LogP contribution in [0, 0.1) is 0 Å². The predicted molar refractivity (Wildman–Crippen MR) is 94.2 cm³/mol. The van der Waals surface area contributed by atoms with Crippen LogP contribution in [0.15, 0.2) is 28.8 Å². The summed E-state index contributed by atoms with van der Waals surface area (Å²) in [6, 6.07) is 3.43. The van der Waals surface area contributed by atoms with Gasteiger partial charge in [-0.3, -0.25) is 14.6 Å². The van der Waals surface area contributed by atoms with Crippen LogP contribution in [-0.2, 0) is 9.53 Å². The molecule has 1 saturated heterocycles. The van der Waals surface area contributed by atoms with Crippen molar-refractivity contribution in [3.05, 3.63) is 33.7 Å². The van der Waals surface area contributed by atoms with Crippen LogP contribution in [0.5, 0.6) is 0 Å². The maximum absolute atomic E-state index is 13.0. The summed E-state index contributed by atoms with van der Waals surface area (Å²) in [6.07, 6.45) is 0. The summed E-state index contributed by atoms with van der Waals surface area (Å²) in [4.78, 5) is 32.1. The fourth-order valence-corrected chi connectivity index (χ4v) is 4.34. The Labute approximate surface area is 150 Å². The number of amides is 3. The number of ether oxygens (including phenoxy) is 1. The summed E-state index contributed by atoms with van der Waals surface area (Å²) in [5.41, 5.74) is 1.54. The second-order valence-electron chi connectivity index (χ2n) is 6.50. The average Bonchev–Trinajstić information content (AvgIpc) is 3.26. The van der Waals surface area contributed by atoms with E-state index >= 15 is 0 Å². The zero-order chi connectivity index (χ0) is 17.4. The molecule has 0 radical (unpaired) electrons. The minimum atomic E-state index is -0.334. The van der Waals surface area contributed by atoms with Crippen molar-refractivity contribution in [1.29, 1.82) is 0 Å². The van der Waals surface area contributed by atoms with Gasteiger partial charge in [0.1, 0.15) is 0 Å². The third-order valence-corrected chi connectivity index (χ3v) is 5.99. The highest BCUT2D eigenvalue weighted by atomic mass is 32.1. The van der Waals surface area contributed by atoms with Gasteiger partial charge in [-0.2, -0.15) is 0 Å². The lowest BCUT2D eigenvalue weighted by Crippen LogP contribution is -2.45. The number of rotatable bonds is 4. The predicted octanol–water partition coefficient (Wildman–Crippen LogP) is 0.873. The molecule has 0 bridgehead atoms. The normalized spacial score (nSPS) is 24.8. The lowest BCUT2D eigenvalue weighted by molar-refractivity contribution is -0.126. The minimum Gasteiger partial charge on any atom is -0.379 e. The Kier molecular flexibility index (Phi) is 4.49. The van der Waals surface area contributed by atoms with Crippen molar-refractivity contribution in [2.75, 3.05) is 53.0 Å². The quantitative estimate of drug-likeness (QED) is 0.863. The fraction of sp³-hybridized carbons (Fsp3) is 0.529. The molecular weight excluding hydrogens is 340 g/mol. The molecule has 3 aliphatic rings. The van der Waals surface area contributed by atoms with Crippen molar-refractivity contribution in [3.8, 4) is 0 Å². The molecule has 0 saturated carbocycles. The molecule has 134 valence electrons. The van der Waals surface area contributed by atoms with Gasteiger partial charge in [0.05, 0.1) is 37.1 Å². The first-order valence-electron chi connectivity index (χ1n) is 8.55. The van der Waals surface area contributed by atoms with E-state index in [0.29, 0.717) is 18.7 Å². The second-order valence-corrected chi connectivity index (χ2v) is 7.48. The maximum atomic E-state index is 13.0. The number of morpholine rings is 1. The first-order chi connectivity index (χ1) is 12.1. The first-order valence-corrected chi connectivity index (χ1v) is 9.43. The zero-order valence-electron chi connectivity index (χ0n) is 14.2. The zero-order valence-corrected chi connectivity index (χ0v) is 15.1. The Hall–Kier alpha value is -1.90. The van der Waals surface area contributed by atoms with Crippen LogP contribution >= 0.6 is 11.3 Å². The Morgan fingerprint density at radius 1 is 1.28 bits per heavy atom. The molecule has 7 nitrogen and oxygen atoms in total. The summed E-state index contributed by atoms with van der Waals surface area (Å²) in [7, 11) is 1.73. The Morgan fingerprint density at radius 2 is 2.08 bits per heavy atom. The third-order valence-electron chi connectivity index (χ3n) is 5.05. The van der Waals surface area contributed by atoms with E-state index in [2.05, 4.69) is 10.2 Å². The van der Waals surface area contributed by atoms with Gasteiger partial charge in [-0.1, -0.05) is 6.07 Å².